The molecule has 0 atom stereocenters. The Morgan fingerprint density at radius 2 is 1.74 bits per heavy atom. The molecular weight excluding hydrogens is 465 g/mol. The van der Waals surface area contributed by atoms with Crippen LogP contribution < -0.4 is 10.1 Å². The molecule has 0 saturated heterocycles. The van der Waals surface area contributed by atoms with E-state index in [0.717, 1.165) is 20.5 Å². The van der Waals surface area contributed by atoms with Gasteiger partial charge in [0.15, 0.2) is 11.5 Å². The van der Waals surface area contributed by atoms with Gasteiger partial charge in [0.1, 0.15) is 5.75 Å². The van der Waals surface area contributed by atoms with Crippen LogP contribution in [0, 0.1) is 3.57 Å². The van der Waals surface area contributed by atoms with Gasteiger partial charge < -0.3 is 10.1 Å². The third kappa shape index (κ3) is 3.85. The van der Waals surface area contributed by atoms with Gasteiger partial charge in [0.05, 0.1) is 11.9 Å². The Balaban J connectivity index is 1.67. The summed E-state index contributed by atoms with van der Waals surface area (Å²) in [7, 11) is 0. The topological polar surface area (TPSA) is 51.5 Å². The first kappa shape index (κ1) is 17.7. The fraction of sp³-hybridized carbons (Fsp3) is 0.0526. The third-order valence-corrected chi connectivity index (χ3v) is 4.63. The van der Waals surface area contributed by atoms with Gasteiger partial charge in [0, 0.05) is 27.2 Å². The average Bonchev–Trinajstić information content (AvgIpc) is 3.09. The van der Waals surface area contributed by atoms with Crippen molar-refractivity contribution in [3.05, 3.63) is 70.7 Å². The number of halogens is 3. The van der Waals surface area contributed by atoms with Crippen LogP contribution in [-0.4, -0.2) is 21.0 Å². The molecule has 0 fully saturated rings. The van der Waals surface area contributed by atoms with E-state index in [-0.39, 0.29) is 5.75 Å². The lowest BCUT2D eigenvalue weighted by atomic mass is 10.1. The first-order chi connectivity index (χ1) is 13.1. The largest absolute Gasteiger partial charge is 0.435 e. The van der Waals surface area contributed by atoms with E-state index in [1.54, 1.807) is 30.7 Å². The van der Waals surface area contributed by atoms with Gasteiger partial charge in [-0.15, -0.1) is 0 Å². The van der Waals surface area contributed by atoms with E-state index in [0.29, 0.717) is 11.5 Å². The number of nitrogens with zero attached hydrogens (tertiary/aromatic N) is 3. The Bertz CT molecular complexity index is 1070. The highest BCUT2D eigenvalue weighted by Crippen LogP contribution is 2.27. The van der Waals surface area contributed by atoms with Crippen LogP contribution in [0.5, 0.6) is 5.75 Å². The molecule has 27 heavy (non-hydrogen) atoms. The summed E-state index contributed by atoms with van der Waals surface area (Å²) in [5, 5.41) is 3.27. The number of hydrogen-bond acceptors (Lipinski definition) is 4. The summed E-state index contributed by atoms with van der Waals surface area (Å²) in [6, 6.07) is 14.4. The van der Waals surface area contributed by atoms with Crippen molar-refractivity contribution in [2.45, 2.75) is 6.61 Å². The predicted molar refractivity (Wildman–Crippen MR) is 107 cm³/mol. The first-order valence-corrected chi connectivity index (χ1v) is 9.08. The molecule has 136 valence electrons. The van der Waals surface area contributed by atoms with Crippen molar-refractivity contribution in [1.82, 2.24) is 14.4 Å². The van der Waals surface area contributed by atoms with Gasteiger partial charge in [-0.1, -0.05) is 0 Å². The molecule has 2 aromatic heterocycles. The monoisotopic (exact) mass is 478 g/mol. The van der Waals surface area contributed by atoms with Crippen LogP contribution in [0.15, 0.2) is 67.1 Å². The van der Waals surface area contributed by atoms with Crippen molar-refractivity contribution in [2.24, 2.45) is 0 Å². The molecule has 2 heterocycles. The van der Waals surface area contributed by atoms with Crippen molar-refractivity contribution in [1.29, 1.82) is 0 Å². The second kappa shape index (κ2) is 7.47. The second-order valence-corrected chi connectivity index (χ2v) is 6.89. The molecule has 0 aliphatic rings. The lowest BCUT2D eigenvalue weighted by Gasteiger charge is -2.08. The van der Waals surface area contributed by atoms with E-state index in [1.807, 2.05) is 28.7 Å². The molecule has 4 aromatic rings. The zero-order valence-electron chi connectivity index (χ0n) is 13.8. The van der Waals surface area contributed by atoms with Crippen LogP contribution in [0.25, 0.3) is 16.9 Å². The van der Waals surface area contributed by atoms with E-state index in [2.05, 4.69) is 42.6 Å². The van der Waals surface area contributed by atoms with Crippen LogP contribution in [0.4, 0.5) is 20.3 Å². The van der Waals surface area contributed by atoms with Gasteiger partial charge in [-0.2, -0.15) is 8.78 Å². The third-order valence-electron chi connectivity index (χ3n) is 3.91. The Morgan fingerprint density at radius 1 is 1.00 bits per heavy atom. The van der Waals surface area contributed by atoms with E-state index in [9.17, 15) is 8.78 Å². The molecule has 0 radical (unpaired) electrons. The van der Waals surface area contributed by atoms with E-state index in [4.69, 9.17) is 0 Å². The van der Waals surface area contributed by atoms with Crippen molar-refractivity contribution < 1.29 is 13.5 Å². The maximum atomic E-state index is 12.3. The van der Waals surface area contributed by atoms with Gasteiger partial charge >= 0.3 is 6.61 Å². The molecule has 5 nitrogen and oxygen atoms in total. The number of hydrogen-bond donors (Lipinski definition) is 1. The summed E-state index contributed by atoms with van der Waals surface area (Å²) < 4.78 is 32.0. The number of alkyl halides is 2. The Kier molecular flexibility index (Phi) is 4.88. The summed E-state index contributed by atoms with van der Waals surface area (Å²) >= 11 is 2.25. The molecule has 0 spiro atoms. The molecule has 0 saturated carbocycles. The van der Waals surface area contributed by atoms with Gasteiger partial charge in [-0.25, -0.2) is 9.97 Å². The maximum Gasteiger partial charge on any atom is 0.387 e. The average molecular weight is 478 g/mol. The lowest BCUT2D eigenvalue weighted by Crippen LogP contribution is -2.01. The minimum atomic E-state index is -2.84. The molecule has 1 N–H and O–H groups in total. The summed E-state index contributed by atoms with van der Waals surface area (Å²) in [5.41, 5.74) is 3.23. The zero-order chi connectivity index (χ0) is 18.8. The predicted octanol–water partition coefficient (Wildman–Crippen LogP) is 5.35. The van der Waals surface area contributed by atoms with Crippen LogP contribution in [0.3, 0.4) is 0 Å². The highest BCUT2D eigenvalue weighted by Gasteiger charge is 2.11. The summed E-state index contributed by atoms with van der Waals surface area (Å²) in [6.07, 6.45) is 5.21. The minimum Gasteiger partial charge on any atom is -0.435 e. The number of benzene rings is 2. The van der Waals surface area contributed by atoms with E-state index >= 15 is 0 Å². The zero-order valence-corrected chi connectivity index (χ0v) is 16.0. The standard InChI is InChI=1S/C19H13F2IN4O/c20-19(21)27-15-7-1-12(2-8-15)16-11-24-18-17(23-9-10-26(16)18)25-14-5-3-13(22)4-6-14/h1-11,19H,(H,23,25). The lowest BCUT2D eigenvalue weighted by molar-refractivity contribution is -0.0498. The Morgan fingerprint density at radius 3 is 2.44 bits per heavy atom. The van der Waals surface area contributed by atoms with Crippen LogP contribution in [0.2, 0.25) is 0 Å². The van der Waals surface area contributed by atoms with Gasteiger partial charge in [-0.3, -0.25) is 4.40 Å². The van der Waals surface area contributed by atoms with Crippen LogP contribution in [-0.2, 0) is 0 Å². The quantitative estimate of drug-likeness (QED) is 0.394. The molecule has 4 rings (SSSR count). The molecule has 0 aliphatic heterocycles. The normalized spacial score (nSPS) is 11.1. The fourth-order valence-corrected chi connectivity index (χ4v) is 3.06. The number of rotatable bonds is 5. The fourth-order valence-electron chi connectivity index (χ4n) is 2.70. The molecule has 0 aliphatic carbocycles. The van der Waals surface area contributed by atoms with E-state index < -0.39 is 6.61 Å². The number of ether oxygens (including phenoxy) is 1. The molecule has 0 unspecified atom stereocenters. The molecule has 0 bridgehead atoms. The van der Waals surface area contributed by atoms with Gasteiger partial charge in [0.2, 0.25) is 0 Å². The Labute approximate surface area is 167 Å². The van der Waals surface area contributed by atoms with Crippen LogP contribution >= 0.6 is 22.6 Å². The summed E-state index contributed by atoms with van der Waals surface area (Å²) in [6.45, 7) is -2.84. The summed E-state index contributed by atoms with van der Waals surface area (Å²) in [5.74, 6) is 0.743. The SMILES string of the molecule is FC(F)Oc1ccc(-c2cnc3c(Nc4ccc(I)cc4)nccn23)cc1. The Hall–Kier alpha value is -2.75. The first-order valence-electron chi connectivity index (χ1n) is 8.00. The van der Waals surface area contributed by atoms with E-state index in [1.165, 1.54) is 12.1 Å². The maximum absolute atomic E-state index is 12.3. The number of nitrogens with one attached hydrogen (secondary N) is 1. The van der Waals surface area contributed by atoms with Gasteiger partial charge in [-0.05, 0) is 71.1 Å². The molecule has 2 aromatic carbocycles. The van der Waals surface area contributed by atoms with Crippen molar-refractivity contribution in [3.8, 4) is 17.0 Å². The number of aromatic nitrogens is 3. The molecular formula is C19H13F2IN4O. The molecule has 8 heteroatoms. The van der Waals surface area contributed by atoms with Gasteiger partial charge in [0.25, 0.3) is 0 Å². The van der Waals surface area contributed by atoms with Crippen molar-refractivity contribution >= 4 is 39.7 Å². The number of imidazole rings is 1. The van der Waals surface area contributed by atoms with Crippen molar-refractivity contribution in [2.75, 3.05) is 5.32 Å². The van der Waals surface area contributed by atoms with Crippen LogP contribution in [0.1, 0.15) is 0 Å². The smallest absolute Gasteiger partial charge is 0.387 e. The number of anilines is 2. The van der Waals surface area contributed by atoms with Crippen molar-refractivity contribution in [3.63, 3.8) is 0 Å². The highest BCUT2D eigenvalue weighted by molar-refractivity contribution is 14.1. The molecule has 0 amide bonds. The highest BCUT2D eigenvalue weighted by atomic mass is 127. The summed E-state index contributed by atoms with van der Waals surface area (Å²) in [4.78, 5) is 8.84. The number of fused-ring (bicyclic) bond motifs is 1. The second-order valence-electron chi connectivity index (χ2n) is 5.65. The minimum absolute atomic E-state index is 0.116.